The largest absolute Gasteiger partial charge is 0.497 e. The molecule has 0 saturated carbocycles. The lowest BCUT2D eigenvalue weighted by molar-refractivity contribution is -0.116. The van der Waals surface area contributed by atoms with Crippen molar-refractivity contribution in [2.45, 2.75) is 24.8 Å². The van der Waals surface area contributed by atoms with Gasteiger partial charge in [0.15, 0.2) is 5.78 Å². The third-order valence-corrected chi connectivity index (χ3v) is 6.24. The predicted octanol–water partition coefficient (Wildman–Crippen LogP) is 4.12. The Morgan fingerprint density at radius 1 is 1.18 bits per heavy atom. The SMILES string of the molecule is COc1cccc([C@@H]2Nc3nonc3NC3=C2C(=O)C[C@H](c2cccs2)C3)c1. The topological polar surface area (TPSA) is 89.3 Å². The summed E-state index contributed by atoms with van der Waals surface area (Å²) in [6, 6.07) is 11.5. The zero-order chi connectivity index (χ0) is 19.1. The van der Waals surface area contributed by atoms with Gasteiger partial charge in [0.1, 0.15) is 5.75 Å². The number of nitrogens with zero attached hydrogens (tertiary/aromatic N) is 2. The highest BCUT2D eigenvalue weighted by Gasteiger charge is 2.37. The first-order chi connectivity index (χ1) is 13.7. The fourth-order valence-corrected chi connectivity index (χ4v) is 4.73. The zero-order valence-electron chi connectivity index (χ0n) is 15.1. The first-order valence-corrected chi connectivity index (χ1v) is 9.90. The minimum absolute atomic E-state index is 0.120. The van der Waals surface area contributed by atoms with Crippen LogP contribution >= 0.6 is 11.3 Å². The normalized spacial score (nSPS) is 21.2. The second kappa shape index (κ2) is 6.79. The molecule has 1 aliphatic heterocycles. The van der Waals surface area contributed by atoms with Gasteiger partial charge in [-0.3, -0.25) is 4.79 Å². The van der Waals surface area contributed by atoms with Crippen molar-refractivity contribution < 1.29 is 14.2 Å². The van der Waals surface area contributed by atoms with Crippen LogP contribution in [0.3, 0.4) is 0 Å². The number of Topliss-reactive ketones (excluding diaryl/α,β-unsaturated/α-hetero) is 1. The lowest BCUT2D eigenvalue weighted by Gasteiger charge is -2.29. The number of hydrogen-bond donors (Lipinski definition) is 2. The summed E-state index contributed by atoms with van der Waals surface area (Å²) in [5.74, 6) is 2.00. The minimum Gasteiger partial charge on any atom is -0.497 e. The molecule has 28 heavy (non-hydrogen) atoms. The van der Waals surface area contributed by atoms with Crippen molar-refractivity contribution in [1.82, 2.24) is 10.3 Å². The number of rotatable bonds is 3. The van der Waals surface area contributed by atoms with Crippen molar-refractivity contribution >= 4 is 28.8 Å². The molecule has 0 spiro atoms. The number of aromatic nitrogens is 2. The van der Waals surface area contributed by atoms with E-state index in [-0.39, 0.29) is 17.7 Å². The average Bonchev–Trinajstić information content (AvgIpc) is 3.37. The maximum atomic E-state index is 13.3. The molecule has 0 unspecified atom stereocenters. The number of allylic oxidation sites excluding steroid dienone is 1. The predicted molar refractivity (Wildman–Crippen MR) is 106 cm³/mol. The van der Waals surface area contributed by atoms with Crippen LogP contribution in [0.4, 0.5) is 11.6 Å². The van der Waals surface area contributed by atoms with Gasteiger partial charge in [-0.25, -0.2) is 4.63 Å². The number of ketones is 1. The van der Waals surface area contributed by atoms with Gasteiger partial charge in [-0.2, -0.15) is 0 Å². The fraction of sp³-hybridized carbons (Fsp3) is 0.250. The Morgan fingerprint density at radius 3 is 2.89 bits per heavy atom. The third kappa shape index (κ3) is 2.86. The zero-order valence-corrected chi connectivity index (χ0v) is 16.0. The number of ether oxygens (including phenoxy) is 1. The Labute approximate surface area is 165 Å². The molecule has 0 radical (unpaired) electrons. The van der Waals surface area contributed by atoms with Gasteiger partial charge in [0.05, 0.1) is 13.2 Å². The van der Waals surface area contributed by atoms with E-state index in [2.05, 4.69) is 27.0 Å². The Morgan fingerprint density at radius 2 is 2.07 bits per heavy atom. The summed E-state index contributed by atoms with van der Waals surface area (Å²) in [6.45, 7) is 0. The molecule has 1 aliphatic carbocycles. The molecule has 3 aromatic rings. The molecule has 0 amide bonds. The molecule has 0 bridgehead atoms. The molecule has 3 heterocycles. The van der Waals surface area contributed by atoms with Crippen LogP contribution in [-0.4, -0.2) is 23.2 Å². The van der Waals surface area contributed by atoms with Gasteiger partial charge in [0, 0.05) is 28.5 Å². The molecule has 2 atom stereocenters. The lowest BCUT2D eigenvalue weighted by Crippen LogP contribution is -2.26. The van der Waals surface area contributed by atoms with Crippen LogP contribution in [0.2, 0.25) is 0 Å². The second-order valence-electron chi connectivity index (χ2n) is 6.88. The van der Waals surface area contributed by atoms with Gasteiger partial charge < -0.3 is 15.4 Å². The van der Waals surface area contributed by atoms with E-state index in [1.54, 1.807) is 18.4 Å². The van der Waals surface area contributed by atoms with Gasteiger partial charge in [0.2, 0.25) is 11.6 Å². The van der Waals surface area contributed by atoms with E-state index in [0.29, 0.717) is 18.1 Å². The molecular formula is C20H18N4O3S. The van der Waals surface area contributed by atoms with Crippen molar-refractivity contribution in [3.8, 4) is 5.75 Å². The molecule has 1 aromatic carbocycles. The molecule has 7 nitrogen and oxygen atoms in total. The van der Waals surface area contributed by atoms with Crippen LogP contribution in [0.25, 0.3) is 0 Å². The van der Waals surface area contributed by atoms with Crippen molar-refractivity contribution in [1.29, 1.82) is 0 Å². The summed E-state index contributed by atoms with van der Waals surface area (Å²) in [5, 5.41) is 16.6. The standard InChI is InChI=1S/C20H18N4O3S/c1-26-13-5-2-4-11(8-13)18-17-14(21-19-20(22-18)24-27-23-19)9-12(10-15(17)25)16-6-3-7-28-16/h2-8,12,18H,9-10H2,1H3,(H,21,23)(H,22,24)/t12-,18+/m1/s1. The van der Waals surface area contributed by atoms with Crippen molar-refractivity contribution in [3.05, 3.63) is 63.5 Å². The highest BCUT2D eigenvalue weighted by molar-refractivity contribution is 7.10. The molecule has 8 heteroatoms. The maximum Gasteiger partial charge on any atom is 0.219 e. The number of hydrogen-bond acceptors (Lipinski definition) is 8. The Bertz CT molecular complexity index is 1060. The van der Waals surface area contributed by atoms with E-state index < -0.39 is 0 Å². The van der Waals surface area contributed by atoms with Crippen LogP contribution in [0.1, 0.15) is 35.2 Å². The highest BCUT2D eigenvalue weighted by Crippen LogP contribution is 2.44. The number of fused-ring (bicyclic) bond motifs is 1. The summed E-state index contributed by atoms with van der Waals surface area (Å²) in [6.07, 6.45) is 1.22. The summed E-state index contributed by atoms with van der Waals surface area (Å²) in [7, 11) is 1.63. The number of carbonyl (C=O) groups is 1. The first-order valence-electron chi connectivity index (χ1n) is 9.02. The smallest absolute Gasteiger partial charge is 0.219 e. The number of anilines is 2. The number of methoxy groups -OCH3 is 1. The van der Waals surface area contributed by atoms with Crippen LogP contribution in [0.5, 0.6) is 5.75 Å². The molecule has 5 rings (SSSR count). The van der Waals surface area contributed by atoms with Crippen molar-refractivity contribution in [2.75, 3.05) is 17.7 Å². The lowest BCUT2D eigenvalue weighted by atomic mass is 9.81. The third-order valence-electron chi connectivity index (χ3n) is 5.21. The highest BCUT2D eigenvalue weighted by atomic mass is 32.1. The quantitative estimate of drug-likeness (QED) is 0.691. The molecule has 0 saturated heterocycles. The summed E-state index contributed by atoms with van der Waals surface area (Å²) in [4.78, 5) is 14.5. The number of carbonyl (C=O) groups excluding carboxylic acids is 1. The number of thiophene rings is 1. The van der Waals surface area contributed by atoms with Crippen molar-refractivity contribution in [3.63, 3.8) is 0 Å². The molecule has 0 fully saturated rings. The van der Waals surface area contributed by atoms with E-state index in [1.807, 2.05) is 35.7 Å². The molecular weight excluding hydrogens is 376 g/mol. The Kier molecular flexibility index (Phi) is 4.12. The van der Waals surface area contributed by atoms with Gasteiger partial charge in [0.25, 0.3) is 0 Å². The number of nitrogens with one attached hydrogen (secondary N) is 2. The van der Waals surface area contributed by atoms with Crippen LogP contribution in [-0.2, 0) is 4.79 Å². The molecule has 2 aliphatic rings. The van der Waals surface area contributed by atoms with E-state index in [1.165, 1.54) is 4.88 Å². The monoisotopic (exact) mass is 394 g/mol. The number of benzene rings is 1. The van der Waals surface area contributed by atoms with E-state index in [4.69, 9.17) is 9.37 Å². The van der Waals surface area contributed by atoms with Crippen LogP contribution in [0, 0.1) is 0 Å². The van der Waals surface area contributed by atoms with Gasteiger partial charge in [-0.15, -0.1) is 11.3 Å². The van der Waals surface area contributed by atoms with Crippen molar-refractivity contribution in [2.24, 2.45) is 0 Å². The van der Waals surface area contributed by atoms with E-state index >= 15 is 0 Å². The average molecular weight is 394 g/mol. The molecule has 2 N–H and O–H groups in total. The maximum absolute atomic E-state index is 13.3. The fourth-order valence-electron chi connectivity index (χ4n) is 3.90. The summed E-state index contributed by atoms with van der Waals surface area (Å²) >= 11 is 1.68. The molecule has 142 valence electrons. The summed E-state index contributed by atoms with van der Waals surface area (Å²) in [5.41, 5.74) is 2.51. The molecule has 2 aromatic heterocycles. The van der Waals surface area contributed by atoms with Crippen LogP contribution < -0.4 is 15.4 Å². The van der Waals surface area contributed by atoms with E-state index in [0.717, 1.165) is 29.0 Å². The van der Waals surface area contributed by atoms with E-state index in [9.17, 15) is 4.79 Å². The second-order valence-corrected chi connectivity index (χ2v) is 7.86. The first kappa shape index (κ1) is 17.0. The van der Waals surface area contributed by atoms with Gasteiger partial charge in [-0.05, 0) is 45.9 Å². The minimum atomic E-state index is -0.359. The van der Waals surface area contributed by atoms with Crippen LogP contribution in [0.15, 0.2) is 57.7 Å². The Balaban J connectivity index is 1.61. The van der Waals surface area contributed by atoms with Gasteiger partial charge in [-0.1, -0.05) is 18.2 Å². The Hall–Kier alpha value is -3.13. The van der Waals surface area contributed by atoms with Gasteiger partial charge >= 0.3 is 0 Å². The summed E-state index contributed by atoms with van der Waals surface area (Å²) < 4.78 is 10.3.